The van der Waals surface area contributed by atoms with Crippen molar-refractivity contribution in [3.05, 3.63) is 66.6 Å². The van der Waals surface area contributed by atoms with Gasteiger partial charge in [-0.05, 0) is 32.0 Å². The lowest BCUT2D eigenvalue weighted by Gasteiger charge is -2.06. The van der Waals surface area contributed by atoms with E-state index in [-0.39, 0.29) is 6.04 Å². The number of nitrogens with zero attached hydrogens (tertiary/aromatic N) is 8. The van der Waals surface area contributed by atoms with Gasteiger partial charge in [0.1, 0.15) is 12.4 Å². The van der Waals surface area contributed by atoms with Gasteiger partial charge in [-0.2, -0.15) is 10.2 Å². The van der Waals surface area contributed by atoms with E-state index >= 15 is 0 Å². The summed E-state index contributed by atoms with van der Waals surface area (Å²) in [5.41, 5.74) is 3.42. The average Bonchev–Trinajstić information content (AvgIpc) is 3.38. The van der Waals surface area contributed by atoms with E-state index in [1.165, 1.54) is 0 Å². The van der Waals surface area contributed by atoms with Gasteiger partial charge in [-0.1, -0.05) is 18.2 Å². The third-order valence-electron chi connectivity index (χ3n) is 4.43. The molecule has 5 aromatic rings. The largest absolute Gasteiger partial charge is 0.262 e. The van der Waals surface area contributed by atoms with Crippen molar-refractivity contribution >= 4 is 16.7 Å². The summed E-state index contributed by atoms with van der Waals surface area (Å²) in [4.78, 5) is 9.26. The lowest BCUT2D eigenvalue weighted by Crippen LogP contribution is -2.09. The quantitative estimate of drug-likeness (QED) is 0.503. The van der Waals surface area contributed by atoms with Crippen LogP contribution in [-0.2, 0) is 0 Å². The van der Waals surface area contributed by atoms with Gasteiger partial charge in [-0.15, -0.1) is 5.10 Å². The molecule has 1 unspecified atom stereocenters. The Kier molecular flexibility index (Phi) is 3.11. The zero-order valence-corrected chi connectivity index (χ0v) is 14.4. The second-order valence-corrected chi connectivity index (χ2v) is 6.23. The van der Waals surface area contributed by atoms with Crippen LogP contribution < -0.4 is 0 Å². The molecule has 0 amide bonds. The fourth-order valence-corrected chi connectivity index (χ4v) is 3.04. The summed E-state index contributed by atoms with van der Waals surface area (Å²) >= 11 is 0. The molecule has 8 nitrogen and oxygen atoms in total. The Bertz CT molecular complexity index is 1210. The van der Waals surface area contributed by atoms with Crippen LogP contribution in [0.3, 0.4) is 0 Å². The number of hydrogen-bond acceptors (Lipinski definition) is 5. The first-order valence-electron chi connectivity index (χ1n) is 8.37. The predicted molar refractivity (Wildman–Crippen MR) is 96.2 cm³/mol. The van der Waals surface area contributed by atoms with Crippen LogP contribution in [0.1, 0.15) is 24.5 Å². The summed E-state index contributed by atoms with van der Waals surface area (Å²) in [6.07, 6.45) is 5.40. The molecule has 0 N–H and O–H groups in total. The summed E-state index contributed by atoms with van der Waals surface area (Å²) < 4.78 is 5.37. The Morgan fingerprint density at radius 2 is 1.85 bits per heavy atom. The first-order chi connectivity index (χ1) is 12.7. The average molecular weight is 344 g/mol. The van der Waals surface area contributed by atoms with E-state index in [1.807, 2.05) is 65.8 Å². The van der Waals surface area contributed by atoms with E-state index in [4.69, 9.17) is 4.98 Å². The van der Waals surface area contributed by atoms with Crippen LogP contribution in [0.2, 0.25) is 0 Å². The molecule has 0 fully saturated rings. The van der Waals surface area contributed by atoms with Gasteiger partial charge in [-0.3, -0.25) is 4.68 Å². The highest BCUT2D eigenvalue weighted by Gasteiger charge is 2.18. The molecule has 1 atom stereocenters. The molecule has 0 spiro atoms. The summed E-state index contributed by atoms with van der Waals surface area (Å²) in [5, 5.41) is 14.4. The minimum Gasteiger partial charge on any atom is -0.262 e. The van der Waals surface area contributed by atoms with Crippen molar-refractivity contribution in [1.29, 1.82) is 0 Å². The van der Waals surface area contributed by atoms with Gasteiger partial charge >= 0.3 is 0 Å². The topological polar surface area (TPSA) is 78.7 Å². The van der Waals surface area contributed by atoms with E-state index in [9.17, 15) is 0 Å². The molecule has 0 aliphatic heterocycles. The molecule has 26 heavy (non-hydrogen) atoms. The molecule has 5 rings (SSSR count). The molecule has 128 valence electrons. The van der Waals surface area contributed by atoms with Gasteiger partial charge in [-0.25, -0.2) is 19.2 Å². The zero-order valence-electron chi connectivity index (χ0n) is 14.4. The van der Waals surface area contributed by atoms with Crippen LogP contribution >= 0.6 is 0 Å². The second-order valence-electron chi connectivity index (χ2n) is 6.23. The number of para-hydroxylation sites is 1. The van der Waals surface area contributed by atoms with Crippen LogP contribution in [0.4, 0.5) is 0 Å². The van der Waals surface area contributed by atoms with Crippen molar-refractivity contribution in [3.63, 3.8) is 0 Å². The first-order valence-corrected chi connectivity index (χ1v) is 8.37. The molecular formula is C18H16N8. The molecule has 4 aromatic heterocycles. The predicted octanol–water partition coefficient (Wildman–Crippen LogP) is 2.58. The fourth-order valence-electron chi connectivity index (χ4n) is 3.04. The Morgan fingerprint density at radius 1 is 1.00 bits per heavy atom. The Morgan fingerprint density at radius 3 is 2.62 bits per heavy atom. The lowest BCUT2D eigenvalue weighted by molar-refractivity contribution is 0.533. The third-order valence-corrected chi connectivity index (χ3v) is 4.43. The first kappa shape index (κ1) is 14.8. The Labute approximate surface area is 148 Å². The maximum atomic E-state index is 4.73. The summed E-state index contributed by atoms with van der Waals surface area (Å²) in [5.74, 6) is 0.690. The minimum absolute atomic E-state index is 0.0668. The molecule has 0 saturated carbocycles. The van der Waals surface area contributed by atoms with Gasteiger partial charge in [0.2, 0.25) is 0 Å². The van der Waals surface area contributed by atoms with Crippen molar-refractivity contribution in [2.75, 3.05) is 0 Å². The van der Waals surface area contributed by atoms with Gasteiger partial charge in [0.05, 0.1) is 23.0 Å². The highest BCUT2D eigenvalue weighted by Crippen LogP contribution is 2.21. The summed E-state index contributed by atoms with van der Waals surface area (Å²) in [6, 6.07) is 11.8. The number of benzene rings is 1. The summed E-state index contributed by atoms with van der Waals surface area (Å²) in [7, 11) is 0. The Hall–Kier alpha value is -3.55. The van der Waals surface area contributed by atoms with Crippen LogP contribution in [0.15, 0.2) is 55.1 Å². The minimum atomic E-state index is -0.0668. The van der Waals surface area contributed by atoms with E-state index in [2.05, 4.69) is 20.3 Å². The fraction of sp³-hybridized carbons (Fsp3) is 0.167. The molecule has 0 radical (unpaired) electrons. The van der Waals surface area contributed by atoms with Crippen LogP contribution in [-0.4, -0.2) is 39.1 Å². The molecule has 0 saturated heterocycles. The zero-order chi connectivity index (χ0) is 17.7. The maximum Gasteiger partial charge on any atom is 0.176 e. The maximum absolute atomic E-state index is 4.73. The second kappa shape index (κ2) is 5.48. The smallest absolute Gasteiger partial charge is 0.176 e. The van der Waals surface area contributed by atoms with Crippen molar-refractivity contribution in [2.45, 2.75) is 19.9 Å². The van der Waals surface area contributed by atoms with Crippen molar-refractivity contribution in [2.24, 2.45) is 0 Å². The van der Waals surface area contributed by atoms with Crippen molar-refractivity contribution < 1.29 is 0 Å². The standard InChI is InChI=1S/C18H16N8/c1-12-8-9-24(22-12)13(2)16-21-18-15-10-20-26(14-6-4-3-5-7-14)17(15)19-11-25(18)23-16/h3-11,13H,1-2H3. The summed E-state index contributed by atoms with van der Waals surface area (Å²) in [6.45, 7) is 3.99. The molecule has 4 heterocycles. The normalized spacial score (nSPS) is 12.8. The lowest BCUT2D eigenvalue weighted by atomic mass is 10.3. The molecule has 0 bridgehead atoms. The van der Waals surface area contributed by atoms with E-state index in [0.717, 1.165) is 28.1 Å². The van der Waals surface area contributed by atoms with Crippen LogP contribution in [0.5, 0.6) is 0 Å². The highest BCUT2D eigenvalue weighted by atomic mass is 15.4. The van der Waals surface area contributed by atoms with Crippen molar-refractivity contribution in [1.82, 2.24) is 39.1 Å². The van der Waals surface area contributed by atoms with Crippen LogP contribution in [0.25, 0.3) is 22.4 Å². The Balaban J connectivity index is 1.65. The van der Waals surface area contributed by atoms with E-state index in [0.29, 0.717) is 5.82 Å². The molecular weight excluding hydrogens is 328 g/mol. The number of aryl methyl sites for hydroxylation is 1. The molecule has 0 aliphatic rings. The number of aromatic nitrogens is 8. The SMILES string of the molecule is Cc1ccn(C(C)c2nc3c4cnn(-c5ccccc5)c4ncn3n2)n1. The van der Waals surface area contributed by atoms with E-state index in [1.54, 1.807) is 17.0 Å². The number of fused-ring (bicyclic) bond motifs is 3. The highest BCUT2D eigenvalue weighted by molar-refractivity contribution is 5.89. The number of rotatable bonds is 3. The van der Waals surface area contributed by atoms with Gasteiger partial charge in [0.15, 0.2) is 17.1 Å². The van der Waals surface area contributed by atoms with Gasteiger partial charge in [0.25, 0.3) is 0 Å². The number of hydrogen-bond donors (Lipinski definition) is 0. The van der Waals surface area contributed by atoms with Gasteiger partial charge in [0, 0.05) is 6.20 Å². The third kappa shape index (κ3) is 2.19. The molecule has 0 aliphatic carbocycles. The van der Waals surface area contributed by atoms with Gasteiger partial charge < -0.3 is 0 Å². The van der Waals surface area contributed by atoms with Crippen LogP contribution in [0, 0.1) is 6.92 Å². The molecule has 1 aromatic carbocycles. The molecule has 8 heteroatoms. The monoisotopic (exact) mass is 344 g/mol. The van der Waals surface area contributed by atoms with Crippen molar-refractivity contribution in [3.8, 4) is 5.69 Å². The van der Waals surface area contributed by atoms with E-state index < -0.39 is 0 Å².